The number of carbonyl (C=O) groups is 1. The van der Waals surface area contributed by atoms with Crippen molar-refractivity contribution in [1.82, 2.24) is 10.2 Å². The number of nitrogens with one attached hydrogen (secondary N) is 1. The van der Waals surface area contributed by atoms with Crippen LogP contribution in [0.25, 0.3) is 0 Å². The largest absolute Gasteiger partial charge is 0.299 e. The van der Waals surface area contributed by atoms with Gasteiger partial charge in [-0.1, -0.05) is 71.1 Å². The number of aromatic nitrogens is 2. The minimum atomic E-state index is -3.74. The number of nitrogens with zero attached hydrogens (tertiary/aromatic N) is 3. The minimum absolute atomic E-state index is 0.308. The molecule has 0 spiro atoms. The first-order valence-corrected chi connectivity index (χ1v) is 13.2. The van der Waals surface area contributed by atoms with E-state index in [4.69, 9.17) is 11.6 Å². The van der Waals surface area contributed by atoms with E-state index in [0.717, 1.165) is 27.4 Å². The molecule has 0 saturated heterocycles. The molecule has 0 saturated carbocycles. The van der Waals surface area contributed by atoms with Gasteiger partial charge in [0.15, 0.2) is 4.34 Å². The summed E-state index contributed by atoms with van der Waals surface area (Å²) in [5.41, 5.74) is 2.28. The molecular weight excluding hydrogens is 476 g/mol. The number of hydrogen-bond donors (Lipinski definition) is 1. The van der Waals surface area contributed by atoms with Gasteiger partial charge in [0.25, 0.3) is 0 Å². The van der Waals surface area contributed by atoms with Gasteiger partial charge in [0.05, 0.1) is 11.9 Å². The lowest BCUT2D eigenvalue weighted by Gasteiger charge is -2.28. The summed E-state index contributed by atoms with van der Waals surface area (Å²) >= 11 is 8.91. The lowest BCUT2D eigenvalue weighted by Crippen LogP contribution is -2.45. The van der Waals surface area contributed by atoms with Crippen LogP contribution in [-0.2, 0) is 20.6 Å². The van der Waals surface area contributed by atoms with E-state index in [-0.39, 0.29) is 0 Å². The van der Waals surface area contributed by atoms with Crippen molar-refractivity contribution in [2.75, 3.05) is 15.9 Å². The van der Waals surface area contributed by atoms with E-state index in [1.54, 1.807) is 12.1 Å². The third-order valence-corrected chi connectivity index (χ3v) is 8.03. The molecule has 1 amide bonds. The van der Waals surface area contributed by atoms with E-state index >= 15 is 0 Å². The summed E-state index contributed by atoms with van der Waals surface area (Å²) < 4.78 is 26.6. The Morgan fingerprint density at radius 1 is 1.23 bits per heavy atom. The molecule has 0 aliphatic carbocycles. The zero-order valence-electron chi connectivity index (χ0n) is 17.1. The first-order chi connectivity index (χ1) is 14.6. The van der Waals surface area contributed by atoms with Gasteiger partial charge in [-0.3, -0.25) is 14.4 Å². The maximum atomic E-state index is 12.8. The van der Waals surface area contributed by atoms with Crippen molar-refractivity contribution in [2.24, 2.45) is 0 Å². The topological polar surface area (TPSA) is 92.3 Å². The van der Waals surface area contributed by atoms with Crippen LogP contribution >= 0.6 is 34.7 Å². The third-order valence-electron chi connectivity index (χ3n) is 4.34. The van der Waals surface area contributed by atoms with Crippen LogP contribution in [0.5, 0.6) is 0 Å². The smallest absolute Gasteiger partial charge is 0.249 e. The van der Waals surface area contributed by atoms with Crippen LogP contribution in [0.1, 0.15) is 18.1 Å². The highest BCUT2D eigenvalue weighted by Crippen LogP contribution is 2.30. The molecule has 1 unspecified atom stereocenters. The van der Waals surface area contributed by atoms with Gasteiger partial charge in [-0.25, -0.2) is 8.42 Å². The lowest BCUT2D eigenvalue weighted by atomic mass is 10.2. The Hall–Kier alpha value is -2.14. The van der Waals surface area contributed by atoms with Gasteiger partial charge in [0, 0.05) is 10.8 Å². The van der Waals surface area contributed by atoms with Crippen molar-refractivity contribution in [3.8, 4) is 0 Å². The number of anilines is 2. The number of aryl methyl sites for hydroxylation is 1. The first kappa shape index (κ1) is 23.5. The highest BCUT2D eigenvalue weighted by atomic mass is 35.5. The second-order valence-corrected chi connectivity index (χ2v) is 11.3. The molecule has 164 valence electrons. The average molecular weight is 497 g/mol. The van der Waals surface area contributed by atoms with Gasteiger partial charge in [-0.2, -0.15) is 0 Å². The molecule has 1 heterocycles. The second-order valence-electron chi connectivity index (χ2n) is 6.80. The minimum Gasteiger partial charge on any atom is -0.299 e. The predicted octanol–water partition coefficient (Wildman–Crippen LogP) is 4.59. The predicted molar refractivity (Wildman–Crippen MR) is 128 cm³/mol. The molecule has 0 aliphatic rings. The summed E-state index contributed by atoms with van der Waals surface area (Å²) in [6.45, 7) is 3.33. The average Bonchev–Trinajstić information content (AvgIpc) is 3.16. The molecular formula is C20H21ClN4O3S3. The number of halogens is 1. The van der Waals surface area contributed by atoms with Crippen molar-refractivity contribution in [3.63, 3.8) is 0 Å². The number of rotatable bonds is 8. The fourth-order valence-corrected chi connectivity index (χ4v) is 5.83. The summed E-state index contributed by atoms with van der Waals surface area (Å²) in [6.07, 6.45) is 1.05. The summed E-state index contributed by atoms with van der Waals surface area (Å²) in [5, 5.41) is 11.5. The second kappa shape index (κ2) is 9.99. The Morgan fingerprint density at radius 3 is 2.58 bits per heavy atom. The van der Waals surface area contributed by atoms with Gasteiger partial charge in [-0.05, 0) is 37.1 Å². The summed E-state index contributed by atoms with van der Waals surface area (Å²) in [6, 6.07) is 13.8. The van der Waals surface area contributed by atoms with Crippen molar-refractivity contribution >= 4 is 61.4 Å². The van der Waals surface area contributed by atoms with E-state index in [0.29, 0.717) is 20.2 Å². The van der Waals surface area contributed by atoms with E-state index < -0.39 is 22.0 Å². The van der Waals surface area contributed by atoms with Crippen LogP contribution in [0, 0.1) is 6.92 Å². The van der Waals surface area contributed by atoms with Gasteiger partial charge in [0.2, 0.25) is 21.1 Å². The summed E-state index contributed by atoms with van der Waals surface area (Å²) in [5.74, 6) is 0.216. The number of carbonyl (C=O) groups excluding carboxylic acids is 1. The van der Waals surface area contributed by atoms with Gasteiger partial charge in [-0.15, -0.1) is 10.2 Å². The summed E-state index contributed by atoms with van der Waals surface area (Å²) in [7, 11) is -3.74. The Labute approximate surface area is 194 Å². The quantitative estimate of drug-likeness (QED) is 0.362. The van der Waals surface area contributed by atoms with Crippen LogP contribution in [0.2, 0.25) is 5.02 Å². The van der Waals surface area contributed by atoms with Crippen molar-refractivity contribution in [3.05, 3.63) is 64.7 Å². The van der Waals surface area contributed by atoms with Gasteiger partial charge in [0.1, 0.15) is 6.04 Å². The third kappa shape index (κ3) is 6.19. The van der Waals surface area contributed by atoms with Crippen molar-refractivity contribution < 1.29 is 13.2 Å². The van der Waals surface area contributed by atoms with Crippen molar-refractivity contribution in [2.45, 2.75) is 30.0 Å². The molecule has 0 aliphatic heterocycles. The Bertz CT molecular complexity index is 1170. The summed E-state index contributed by atoms with van der Waals surface area (Å²) in [4.78, 5) is 12.8. The Morgan fingerprint density at radius 2 is 1.94 bits per heavy atom. The number of benzene rings is 2. The molecule has 2 aromatic carbocycles. The molecule has 1 N–H and O–H groups in total. The maximum Gasteiger partial charge on any atom is 0.249 e. The fraction of sp³-hybridized carbons (Fsp3) is 0.250. The van der Waals surface area contributed by atoms with E-state index in [1.165, 1.54) is 36.1 Å². The van der Waals surface area contributed by atoms with Crippen LogP contribution < -0.4 is 9.62 Å². The number of amides is 1. The molecule has 0 fully saturated rings. The number of sulfonamides is 1. The first-order valence-electron chi connectivity index (χ1n) is 9.22. The number of hydrogen-bond acceptors (Lipinski definition) is 7. The molecule has 1 atom stereocenters. The molecule has 3 aromatic rings. The Kier molecular flexibility index (Phi) is 7.58. The Balaban J connectivity index is 1.71. The monoisotopic (exact) mass is 496 g/mol. The highest BCUT2D eigenvalue weighted by Gasteiger charge is 2.30. The normalized spacial score (nSPS) is 12.4. The van der Waals surface area contributed by atoms with Crippen LogP contribution in [0.15, 0.2) is 52.9 Å². The van der Waals surface area contributed by atoms with Crippen LogP contribution in [0.3, 0.4) is 0 Å². The maximum absolute atomic E-state index is 12.8. The zero-order valence-corrected chi connectivity index (χ0v) is 20.3. The molecule has 3 rings (SSSR count). The van der Waals surface area contributed by atoms with E-state index in [9.17, 15) is 13.2 Å². The van der Waals surface area contributed by atoms with Crippen molar-refractivity contribution in [1.29, 1.82) is 0 Å². The molecule has 1 aromatic heterocycles. The van der Waals surface area contributed by atoms with Gasteiger partial charge >= 0.3 is 0 Å². The van der Waals surface area contributed by atoms with Crippen LogP contribution in [-0.4, -0.2) is 36.8 Å². The SMILES string of the molecule is Cc1ccc(N(C(C)C(=O)Nc2nnc(SCc3ccccc3)s2)S(C)(=O)=O)cc1Cl. The van der Waals surface area contributed by atoms with Crippen LogP contribution in [0.4, 0.5) is 10.8 Å². The molecule has 0 radical (unpaired) electrons. The molecule has 11 heteroatoms. The molecule has 0 bridgehead atoms. The highest BCUT2D eigenvalue weighted by molar-refractivity contribution is 8.00. The van der Waals surface area contributed by atoms with E-state index in [1.807, 2.05) is 37.3 Å². The van der Waals surface area contributed by atoms with Gasteiger partial charge < -0.3 is 0 Å². The van der Waals surface area contributed by atoms with E-state index in [2.05, 4.69) is 15.5 Å². The molecule has 31 heavy (non-hydrogen) atoms. The zero-order chi connectivity index (χ0) is 22.6. The standard InChI is InChI=1S/C20H21ClN4O3S3/c1-13-9-10-16(11-17(13)21)25(31(3,27)28)14(2)18(26)22-19-23-24-20(30-19)29-12-15-7-5-4-6-8-15/h4-11,14H,12H2,1-3H3,(H,22,23,26). The lowest BCUT2D eigenvalue weighted by molar-refractivity contribution is -0.116. The fourth-order valence-electron chi connectivity index (χ4n) is 2.78. The number of thioether (sulfide) groups is 1. The molecule has 7 nitrogen and oxygen atoms in total.